The molecule has 7 nitrogen and oxygen atoms in total. The Bertz CT molecular complexity index is 1050. The summed E-state index contributed by atoms with van der Waals surface area (Å²) in [4.78, 5) is 35.3. The fourth-order valence-corrected chi connectivity index (χ4v) is 4.31. The second kappa shape index (κ2) is 15.9. The molecule has 0 unspecified atom stereocenters. The summed E-state index contributed by atoms with van der Waals surface area (Å²) in [5.74, 6) is -0.423. The van der Waals surface area contributed by atoms with E-state index in [0.29, 0.717) is 30.2 Å². The number of hydrogen-bond donors (Lipinski definition) is 3. The summed E-state index contributed by atoms with van der Waals surface area (Å²) >= 11 is 0. The SMILES string of the molecule is C=C.C=C(C[C@H](NC(=O)CCC(C)(C)C)C(=O)NCc1nc2c(F)cccc2[nH]1)N1CCCC[C@@H]1C.CC.[HH].[HH]. The number of hydrogen-bond acceptors (Lipinski definition) is 4. The number of aromatic amines is 1. The highest BCUT2D eigenvalue weighted by atomic mass is 19.1. The van der Waals surface area contributed by atoms with E-state index in [2.05, 4.69) is 72.9 Å². The van der Waals surface area contributed by atoms with E-state index in [9.17, 15) is 14.0 Å². The van der Waals surface area contributed by atoms with Crippen LogP contribution < -0.4 is 10.6 Å². The van der Waals surface area contributed by atoms with Crippen molar-refractivity contribution in [1.82, 2.24) is 25.5 Å². The standard InChI is InChI=1S/C26H38FN5O2.C2H6.C2H4.2H2/c1-17-9-6-7-14-32(17)18(2)15-21(30-23(33)12-13-26(3,4)5)25(34)28-16-22-29-20-11-8-10-19(27)24(20)31-22;2*1-2;;/h8,10-11,17,21H,2,6-7,9,12-16H2,1,3-5H3,(H,28,34)(H,29,31)(H,30,33);1-2H3;1-2H2;2*1H/t17-,21-;;;;/m0..../s1. The second-order valence-corrected chi connectivity index (χ2v) is 10.5. The van der Waals surface area contributed by atoms with Crippen LogP contribution in [0.25, 0.3) is 11.0 Å². The highest BCUT2D eigenvalue weighted by molar-refractivity contribution is 5.88. The van der Waals surface area contributed by atoms with Crippen LogP contribution in [0, 0.1) is 11.2 Å². The lowest BCUT2D eigenvalue weighted by atomic mass is 9.90. The van der Waals surface area contributed by atoms with Gasteiger partial charge in [-0.2, -0.15) is 0 Å². The molecule has 1 aromatic heterocycles. The maximum atomic E-state index is 13.9. The first-order valence-corrected chi connectivity index (χ1v) is 13.7. The third-order valence-corrected chi connectivity index (χ3v) is 6.35. The number of nitrogens with zero attached hydrogens (tertiary/aromatic N) is 2. The molecule has 3 N–H and O–H groups in total. The molecule has 1 aliphatic heterocycles. The van der Waals surface area contributed by atoms with Crippen LogP contribution in [-0.4, -0.2) is 45.3 Å². The van der Waals surface area contributed by atoms with Gasteiger partial charge in [0, 0.05) is 34.0 Å². The third-order valence-electron chi connectivity index (χ3n) is 6.35. The normalized spacial score (nSPS) is 15.9. The van der Waals surface area contributed by atoms with Gasteiger partial charge in [-0.3, -0.25) is 9.59 Å². The number of H-pyrrole nitrogens is 1. The van der Waals surface area contributed by atoms with Crippen molar-refractivity contribution in [1.29, 1.82) is 0 Å². The maximum absolute atomic E-state index is 13.9. The zero-order chi connectivity index (χ0) is 28.9. The molecule has 0 bridgehead atoms. The number of likely N-dealkylation sites (tertiary alicyclic amines) is 1. The molecule has 2 amide bonds. The Hall–Kier alpha value is -3.16. The lowest BCUT2D eigenvalue weighted by molar-refractivity contribution is -0.129. The van der Waals surface area contributed by atoms with Crippen LogP contribution in [0.4, 0.5) is 4.39 Å². The molecular weight excluding hydrogens is 481 g/mol. The number of para-hydroxylation sites is 1. The number of nitrogens with one attached hydrogen (secondary N) is 3. The van der Waals surface area contributed by atoms with Gasteiger partial charge >= 0.3 is 0 Å². The number of benzene rings is 1. The van der Waals surface area contributed by atoms with E-state index in [4.69, 9.17) is 0 Å². The molecule has 1 aliphatic rings. The van der Waals surface area contributed by atoms with E-state index in [1.807, 2.05) is 13.8 Å². The number of carbonyl (C=O) groups is 2. The molecule has 2 aromatic rings. The summed E-state index contributed by atoms with van der Waals surface area (Å²) < 4.78 is 13.9. The fraction of sp³-hybridized carbons (Fsp3) is 0.567. The van der Waals surface area contributed by atoms with Gasteiger partial charge in [-0.15, -0.1) is 13.2 Å². The predicted octanol–water partition coefficient (Wildman–Crippen LogP) is 6.73. The van der Waals surface area contributed by atoms with Crippen LogP contribution in [0.15, 0.2) is 43.6 Å². The first-order valence-electron chi connectivity index (χ1n) is 13.7. The van der Waals surface area contributed by atoms with Crippen molar-refractivity contribution in [3.63, 3.8) is 0 Å². The summed E-state index contributed by atoms with van der Waals surface area (Å²) in [7, 11) is 0. The number of amides is 2. The monoisotopic (exact) mass is 533 g/mol. The number of piperidine rings is 1. The Morgan fingerprint density at radius 1 is 1.26 bits per heavy atom. The van der Waals surface area contributed by atoms with Crippen LogP contribution in [0.1, 0.15) is 88.7 Å². The van der Waals surface area contributed by atoms with Crippen molar-refractivity contribution in [2.45, 2.75) is 98.7 Å². The van der Waals surface area contributed by atoms with Crippen molar-refractivity contribution < 1.29 is 16.8 Å². The Morgan fingerprint density at radius 2 is 1.95 bits per heavy atom. The first kappa shape index (κ1) is 32.9. The van der Waals surface area contributed by atoms with Crippen molar-refractivity contribution in [2.24, 2.45) is 5.41 Å². The summed E-state index contributed by atoms with van der Waals surface area (Å²) in [5.41, 5.74) is 1.70. The van der Waals surface area contributed by atoms with E-state index in [1.165, 1.54) is 12.5 Å². The molecule has 0 saturated carbocycles. The minimum atomic E-state index is -0.741. The van der Waals surface area contributed by atoms with E-state index in [0.717, 1.165) is 31.5 Å². The number of aromatic nitrogens is 2. The lowest BCUT2D eigenvalue weighted by Crippen LogP contribution is -2.48. The number of carbonyl (C=O) groups excluding carboxylic acids is 2. The van der Waals surface area contributed by atoms with Crippen molar-refractivity contribution >= 4 is 22.8 Å². The van der Waals surface area contributed by atoms with Gasteiger partial charge in [-0.1, -0.05) is 47.3 Å². The molecule has 0 radical (unpaired) electrons. The quantitative estimate of drug-likeness (QED) is 0.312. The highest BCUT2D eigenvalue weighted by Crippen LogP contribution is 2.24. The Kier molecular flexibility index (Phi) is 13.8. The van der Waals surface area contributed by atoms with Crippen LogP contribution in [0.3, 0.4) is 0 Å². The van der Waals surface area contributed by atoms with Gasteiger partial charge in [-0.25, -0.2) is 9.37 Å². The largest absolute Gasteiger partial charge is 0.373 e. The Labute approximate surface area is 231 Å². The maximum Gasteiger partial charge on any atom is 0.243 e. The molecule has 3 rings (SSSR count). The van der Waals surface area contributed by atoms with Crippen LogP contribution in [-0.2, 0) is 16.1 Å². The predicted molar refractivity (Wildman–Crippen MR) is 159 cm³/mol. The van der Waals surface area contributed by atoms with E-state index >= 15 is 0 Å². The molecule has 2 heterocycles. The topological polar surface area (TPSA) is 90.1 Å². The van der Waals surface area contributed by atoms with Crippen molar-refractivity contribution in [3.8, 4) is 0 Å². The number of rotatable bonds is 9. The highest BCUT2D eigenvalue weighted by Gasteiger charge is 2.27. The molecule has 2 atom stereocenters. The molecule has 1 saturated heterocycles. The first-order chi connectivity index (χ1) is 18.0. The molecule has 1 fully saturated rings. The van der Waals surface area contributed by atoms with Gasteiger partial charge in [0.1, 0.15) is 17.4 Å². The number of imidazole rings is 1. The van der Waals surface area contributed by atoms with Gasteiger partial charge in [0.15, 0.2) is 5.82 Å². The second-order valence-electron chi connectivity index (χ2n) is 10.5. The van der Waals surface area contributed by atoms with Crippen LogP contribution in [0.5, 0.6) is 0 Å². The Balaban J connectivity index is 0. The summed E-state index contributed by atoms with van der Waals surface area (Å²) in [6, 6.07) is 4.32. The van der Waals surface area contributed by atoms with E-state index < -0.39 is 11.9 Å². The van der Waals surface area contributed by atoms with Crippen molar-refractivity contribution in [2.75, 3.05) is 6.54 Å². The summed E-state index contributed by atoms with van der Waals surface area (Å²) in [6.07, 6.45) is 4.80. The fourth-order valence-electron chi connectivity index (χ4n) is 4.31. The molecule has 1 aromatic carbocycles. The van der Waals surface area contributed by atoms with Gasteiger partial charge in [0.05, 0.1) is 12.1 Å². The lowest BCUT2D eigenvalue weighted by Gasteiger charge is -2.37. The van der Waals surface area contributed by atoms with Gasteiger partial charge in [0.25, 0.3) is 0 Å². The third kappa shape index (κ3) is 10.3. The van der Waals surface area contributed by atoms with Gasteiger partial charge in [-0.05, 0) is 50.2 Å². The van der Waals surface area contributed by atoms with Gasteiger partial charge < -0.3 is 20.5 Å². The number of halogens is 1. The summed E-state index contributed by atoms with van der Waals surface area (Å²) in [5, 5.41) is 5.76. The zero-order valence-corrected chi connectivity index (χ0v) is 24.3. The molecule has 216 valence electrons. The van der Waals surface area contributed by atoms with Crippen LogP contribution in [0.2, 0.25) is 0 Å². The van der Waals surface area contributed by atoms with E-state index in [-0.39, 0.29) is 32.1 Å². The summed E-state index contributed by atoms with van der Waals surface area (Å²) in [6.45, 7) is 23.7. The molecular formula is C30H52FN5O2. The van der Waals surface area contributed by atoms with Gasteiger partial charge in [0.2, 0.25) is 11.8 Å². The average molecular weight is 534 g/mol. The molecule has 0 aliphatic carbocycles. The smallest absolute Gasteiger partial charge is 0.243 e. The molecule has 8 heteroatoms. The average Bonchev–Trinajstić information content (AvgIpc) is 3.32. The zero-order valence-electron chi connectivity index (χ0n) is 24.3. The molecule has 0 spiro atoms. The minimum absolute atomic E-state index is 0. The van der Waals surface area contributed by atoms with Crippen LogP contribution >= 0.6 is 0 Å². The minimum Gasteiger partial charge on any atom is -0.373 e. The molecule has 38 heavy (non-hydrogen) atoms. The number of fused-ring (bicyclic) bond motifs is 1. The van der Waals surface area contributed by atoms with E-state index in [1.54, 1.807) is 12.1 Å². The Morgan fingerprint density at radius 3 is 2.55 bits per heavy atom. The van der Waals surface area contributed by atoms with Crippen molar-refractivity contribution in [3.05, 3.63) is 55.3 Å².